The summed E-state index contributed by atoms with van der Waals surface area (Å²) in [6.45, 7) is 8.15. The fourth-order valence-corrected chi connectivity index (χ4v) is 3.74. The van der Waals surface area contributed by atoms with Crippen LogP contribution in [0.3, 0.4) is 0 Å². The van der Waals surface area contributed by atoms with Gasteiger partial charge in [0.1, 0.15) is 0 Å². The quantitative estimate of drug-likeness (QED) is 0.556. The number of ether oxygens (including phenoxy) is 1. The second-order valence-corrected chi connectivity index (χ2v) is 6.38. The zero-order valence-electron chi connectivity index (χ0n) is 16.0. The van der Waals surface area contributed by atoms with Crippen LogP contribution in [0.5, 0.6) is 0 Å². The van der Waals surface area contributed by atoms with Gasteiger partial charge in [-0.25, -0.2) is 0 Å². The SMILES string of the molecule is CCOC(=O)C(C)c1c(C)c(-c2ccccc2)c(C)c(C(F)(F)F)c1C.Cl. The van der Waals surface area contributed by atoms with E-state index in [-0.39, 0.29) is 30.1 Å². The van der Waals surface area contributed by atoms with Crippen LogP contribution < -0.4 is 0 Å². The van der Waals surface area contributed by atoms with Crippen molar-refractivity contribution in [3.8, 4) is 11.1 Å². The van der Waals surface area contributed by atoms with Gasteiger partial charge in [0.25, 0.3) is 0 Å². The van der Waals surface area contributed by atoms with E-state index in [0.717, 1.165) is 0 Å². The summed E-state index contributed by atoms with van der Waals surface area (Å²) in [5.41, 5.74) is 1.89. The minimum Gasteiger partial charge on any atom is -0.466 e. The molecule has 2 aromatic rings. The summed E-state index contributed by atoms with van der Waals surface area (Å²) in [5, 5.41) is 0. The molecule has 27 heavy (non-hydrogen) atoms. The molecule has 0 spiro atoms. The van der Waals surface area contributed by atoms with Crippen molar-refractivity contribution >= 4 is 18.4 Å². The van der Waals surface area contributed by atoms with Crippen molar-refractivity contribution in [3.05, 3.63) is 58.1 Å². The largest absolute Gasteiger partial charge is 0.466 e. The number of hydrogen-bond acceptors (Lipinski definition) is 2. The molecule has 0 aromatic heterocycles. The minimum atomic E-state index is -4.51. The van der Waals surface area contributed by atoms with E-state index in [2.05, 4.69) is 0 Å². The molecule has 0 aliphatic heterocycles. The lowest BCUT2D eigenvalue weighted by Gasteiger charge is -2.26. The summed E-state index contributed by atoms with van der Waals surface area (Å²) >= 11 is 0. The first-order chi connectivity index (χ1) is 12.1. The fraction of sp³-hybridized carbons (Fsp3) is 0.381. The molecule has 148 valence electrons. The monoisotopic (exact) mass is 400 g/mol. The molecule has 1 unspecified atom stereocenters. The van der Waals surface area contributed by atoms with Crippen LogP contribution in [0.2, 0.25) is 0 Å². The zero-order valence-corrected chi connectivity index (χ0v) is 16.8. The average Bonchev–Trinajstić information content (AvgIpc) is 2.54. The lowest BCUT2D eigenvalue weighted by molar-refractivity contribution is -0.145. The fourth-order valence-electron chi connectivity index (χ4n) is 3.74. The molecule has 2 aromatic carbocycles. The second kappa shape index (κ2) is 8.79. The van der Waals surface area contributed by atoms with Gasteiger partial charge in [0.05, 0.1) is 18.1 Å². The smallest absolute Gasteiger partial charge is 0.416 e. The molecule has 0 radical (unpaired) electrons. The maximum atomic E-state index is 13.8. The number of esters is 1. The predicted octanol–water partition coefficient (Wildman–Crippen LogP) is 6.39. The first-order valence-electron chi connectivity index (χ1n) is 8.54. The van der Waals surface area contributed by atoms with Gasteiger partial charge >= 0.3 is 12.1 Å². The molecular weight excluding hydrogens is 377 g/mol. The summed E-state index contributed by atoms with van der Waals surface area (Å²) in [5.74, 6) is -1.30. The molecule has 1 atom stereocenters. The summed E-state index contributed by atoms with van der Waals surface area (Å²) < 4.78 is 46.5. The third-order valence-corrected chi connectivity index (χ3v) is 4.73. The molecule has 0 aliphatic carbocycles. The summed E-state index contributed by atoms with van der Waals surface area (Å²) in [6.07, 6.45) is -4.51. The van der Waals surface area contributed by atoms with Gasteiger partial charge in [-0.05, 0) is 68.0 Å². The maximum Gasteiger partial charge on any atom is 0.416 e. The molecule has 0 heterocycles. The summed E-state index contributed by atoms with van der Waals surface area (Å²) in [6, 6.07) is 8.95. The number of alkyl halides is 3. The van der Waals surface area contributed by atoms with Crippen molar-refractivity contribution in [2.24, 2.45) is 0 Å². The van der Waals surface area contributed by atoms with E-state index >= 15 is 0 Å². The Labute approximate surface area is 164 Å². The number of benzene rings is 2. The van der Waals surface area contributed by atoms with Gasteiger partial charge in [0.2, 0.25) is 0 Å². The molecule has 6 heteroatoms. The average molecular weight is 401 g/mol. The number of rotatable bonds is 4. The Morgan fingerprint density at radius 3 is 2.07 bits per heavy atom. The standard InChI is InChI=1S/C21H23F3O2.ClH/c1-6-26-20(25)15(5)17-12(2)18(16-10-8-7-9-11-16)14(4)19(13(17)3)21(22,23)24;/h7-11,15H,6H2,1-5H3;1H. The molecular formula is C21H24ClF3O2. The molecule has 0 amide bonds. The molecule has 2 nitrogen and oxygen atoms in total. The van der Waals surface area contributed by atoms with Crippen molar-refractivity contribution in [2.45, 2.75) is 46.7 Å². The van der Waals surface area contributed by atoms with Gasteiger partial charge in [-0.1, -0.05) is 30.3 Å². The Hall–Kier alpha value is -2.01. The highest BCUT2D eigenvalue weighted by Crippen LogP contribution is 2.44. The highest BCUT2D eigenvalue weighted by Gasteiger charge is 2.38. The van der Waals surface area contributed by atoms with Crippen LogP contribution in [0.4, 0.5) is 13.2 Å². The molecule has 0 N–H and O–H groups in total. The van der Waals surface area contributed by atoms with Crippen molar-refractivity contribution in [2.75, 3.05) is 6.61 Å². The van der Waals surface area contributed by atoms with E-state index in [0.29, 0.717) is 22.3 Å². The van der Waals surface area contributed by atoms with Crippen LogP contribution in [0.25, 0.3) is 11.1 Å². The van der Waals surface area contributed by atoms with Gasteiger partial charge in [-0.2, -0.15) is 13.2 Å². The minimum absolute atomic E-state index is 0. The molecule has 2 rings (SSSR count). The van der Waals surface area contributed by atoms with Crippen LogP contribution in [-0.2, 0) is 15.7 Å². The number of carbonyl (C=O) groups excluding carboxylic acids is 1. The highest BCUT2D eigenvalue weighted by atomic mass is 35.5. The predicted molar refractivity (Wildman–Crippen MR) is 103 cm³/mol. The van der Waals surface area contributed by atoms with Crippen LogP contribution in [0, 0.1) is 20.8 Å². The van der Waals surface area contributed by atoms with Crippen LogP contribution in [-0.4, -0.2) is 12.6 Å². The molecule has 0 saturated heterocycles. The lowest BCUT2D eigenvalue weighted by Crippen LogP contribution is -2.20. The van der Waals surface area contributed by atoms with Gasteiger partial charge in [-0.3, -0.25) is 4.79 Å². The number of hydrogen-bond donors (Lipinski definition) is 0. The second-order valence-electron chi connectivity index (χ2n) is 6.38. The van der Waals surface area contributed by atoms with Crippen LogP contribution in [0.15, 0.2) is 30.3 Å². The first kappa shape index (κ1) is 23.0. The molecule has 0 bridgehead atoms. The van der Waals surface area contributed by atoms with E-state index < -0.39 is 23.6 Å². The van der Waals surface area contributed by atoms with Crippen LogP contribution >= 0.6 is 12.4 Å². The topological polar surface area (TPSA) is 26.3 Å². The zero-order chi connectivity index (χ0) is 19.6. The van der Waals surface area contributed by atoms with E-state index in [1.807, 2.05) is 6.07 Å². The Morgan fingerprint density at radius 2 is 1.59 bits per heavy atom. The maximum absolute atomic E-state index is 13.8. The Bertz CT molecular complexity index is 815. The number of halogens is 4. The van der Waals surface area contributed by atoms with Crippen molar-refractivity contribution in [1.82, 2.24) is 0 Å². The van der Waals surface area contributed by atoms with E-state index in [4.69, 9.17) is 4.74 Å². The van der Waals surface area contributed by atoms with Gasteiger partial charge in [-0.15, -0.1) is 12.4 Å². The molecule has 0 saturated carbocycles. The van der Waals surface area contributed by atoms with Gasteiger partial charge in [0, 0.05) is 0 Å². The highest BCUT2D eigenvalue weighted by molar-refractivity contribution is 5.85. The third kappa shape index (κ3) is 4.46. The molecule has 0 fully saturated rings. The van der Waals surface area contributed by atoms with Crippen molar-refractivity contribution in [3.63, 3.8) is 0 Å². The Morgan fingerprint density at radius 1 is 1.04 bits per heavy atom. The van der Waals surface area contributed by atoms with E-state index in [1.54, 1.807) is 45.0 Å². The van der Waals surface area contributed by atoms with Crippen molar-refractivity contribution < 1.29 is 22.7 Å². The Kier molecular flexibility index (Phi) is 7.49. The summed E-state index contributed by atoms with van der Waals surface area (Å²) in [7, 11) is 0. The summed E-state index contributed by atoms with van der Waals surface area (Å²) in [4.78, 5) is 12.2. The lowest BCUT2D eigenvalue weighted by atomic mass is 9.81. The van der Waals surface area contributed by atoms with E-state index in [9.17, 15) is 18.0 Å². The van der Waals surface area contributed by atoms with Gasteiger partial charge < -0.3 is 4.74 Å². The van der Waals surface area contributed by atoms with E-state index in [1.165, 1.54) is 13.8 Å². The Balaban J connectivity index is 0.00000364. The first-order valence-corrected chi connectivity index (χ1v) is 8.54. The van der Waals surface area contributed by atoms with Gasteiger partial charge in [0.15, 0.2) is 0 Å². The van der Waals surface area contributed by atoms with Crippen molar-refractivity contribution in [1.29, 1.82) is 0 Å². The van der Waals surface area contributed by atoms with Crippen LogP contribution in [0.1, 0.15) is 47.6 Å². The third-order valence-electron chi connectivity index (χ3n) is 4.73. The number of carbonyl (C=O) groups is 1. The molecule has 0 aliphatic rings. The normalized spacial score (nSPS) is 12.3.